The highest BCUT2D eigenvalue weighted by molar-refractivity contribution is 5.69. The number of hydrogen-bond donors (Lipinski definition) is 1. The third-order valence-corrected chi connectivity index (χ3v) is 3.33. The van der Waals surface area contributed by atoms with E-state index in [9.17, 15) is 9.90 Å². The number of carbonyl (C=O) groups is 1. The van der Waals surface area contributed by atoms with E-state index < -0.39 is 6.10 Å². The van der Waals surface area contributed by atoms with Gasteiger partial charge < -0.3 is 14.6 Å². The number of aliphatic hydroxyl groups is 1. The zero-order chi connectivity index (χ0) is 14.0. The first-order chi connectivity index (χ1) is 8.93. The summed E-state index contributed by atoms with van der Waals surface area (Å²) in [5.41, 5.74) is 1.63. The number of benzene rings is 1. The van der Waals surface area contributed by atoms with Crippen molar-refractivity contribution >= 4 is 5.97 Å². The third kappa shape index (κ3) is 3.07. The molecule has 1 aromatic carbocycles. The van der Waals surface area contributed by atoms with Crippen LogP contribution in [-0.2, 0) is 16.0 Å². The number of para-hydroxylation sites is 1. The number of aliphatic hydroxyl groups excluding tert-OH is 1. The van der Waals surface area contributed by atoms with Gasteiger partial charge in [0, 0.05) is 18.4 Å². The molecule has 1 aromatic rings. The number of esters is 1. The minimum absolute atomic E-state index is 0.199. The van der Waals surface area contributed by atoms with Crippen molar-refractivity contribution in [3.63, 3.8) is 0 Å². The van der Waals surface area contributed by atoms with Crippen molar-refractivity contribution in [1.82, 2.24) is 0 Å². The van der Waals surface area contributed by atoms with Gasteiger partial charge in [-0.05, 0) is 25.8 Å². The number of fused-ring (bicyclic) bond motifs is 1. The lowest BCUT2D eigenvalue weighted by Crippen LogP contribution is -2.25. The van der Waals surface area contributed by atoms with E-state index in [0.29, 0.717) is 6.42 Å². The van der Waals surface area contributed by atoms with Crippen molar-refractivity contribution in [1.29, 1.82) is 0 Å². The average Bonchev–Trinajstić information content (AvgIpc) is 2.68. The van der Waals surface area contributed by atoms with Crippen molar-refractivity contribution < 1.29 is 19.4 Å². The molecule has 0 saturated carbocycles. The standard InChI is InChI=1S/C15H20O4/c1-15(2)9-10-5-4-6-11(14(10)19-15)12(16)7-8-13(17)18-3/h4-6,12,16H,7-9H2,1-3H3. The fourth-order valence-corrected chi connectivity index (χ4v) is 2.41. The highest BCUT2D eigenvalue weighted by Crippen LogP contribution is 2.40. The van der Waals surface area contributed by atoms with Crippen LogP contribution in [0.5, 0.6) is 5.75 Å². The molecule has 0 saturated heterocycles. The summed E-state index contributed by atoms with van der Waals surface area (Å²) < 4.78 is 10.5. The van der Waals surface area contributed by atoms with Crippen LogP contribution < -0.4 is 4.74 Å². The second-order valence-electron chi connectivity index (χ2n) is 5.50. The summed E-state index contributed by atoms with van der Waals surface area (Å²) in [5, 5.41) is 10.2. The Morgan fingerprint density at radius 3 is 2.95 bits per heavy atom. The summed E-state index contributed by atoms with van der Waals surface area (Å²) in [5.74, 6) is 0.456. The van der Waals surface area contributed by atoms with Gasteiger partial charge in [0.2, 0.25) is 0 Å². The van der Waals surface area contributed by atoms with Gasteiger partial charge in [-0.1, -0.05) is 18.2 Å². The molecule has 0 radical (unpaired) electrons. The molecule has 0 fully saturated rings. The van der Waals surface area contributed by atoms with Gasteiger partial charge in [-0.3, -0.25) is 4.79 Å². The first-order valence-corrected chi connectivity index (χ1v) is 6.48. The predicted octanol–water partition coefficient (Wildman–Crippen LogP) is 2.39. The number of methoxy groups -OCH3 is 1. The Hall–Kier alpha value is -1.55. The number of ether oxygens (including phenoxy) is 2. The van der Waals surface area contributed by atoms with Crippen LogP contribution in [0.25, 0.3) is 0 Å². The minimum Gasteiger partial charge on any atom is -0.487 e. The number of carbonyl (C=O) groups excluding carboxylic acids is 1. The zero-order valence-electron chi connectivity index (χ0n) is 11.6. The van der Waals surface area contributed by atoms with Gasteiger partial charge in [0.05, 0.1) is 13.2 Å². The van der Waals surface area contributed by atoms with Gasteiger partial charge in [-0.25, -0.2) is 0 Å². The molecule has 1 aliphatic heterocycles. The molecule has 4 heteroatoms. The molecule has 0 aromatic heterocycles. The quantitative estimate of drug-likeness (QED) is 0.848. The minimum atomic E-state index is -0.706. The Labute approximate surface area is 113 Å². The summed E-state index contributed by atoms with van der Waals surface area (Å²) in [6, 6.07) is 5.78. The lowest BCUT2D eigenvalue weighted by molar-refractivity contribution is -0.141. The SMILES string of the molecule is COC(=O)CCC(O)c1cccc2c1OC(C)(C)C2. The molecule has 104 valence electrons. The van der Waals surface area contributed by atoms with E-state index in [-0.39, 0.29) is 18.0 Å². The van der Waals surface area contributed by atoms with Gasteiger partial charge >= 0.3 is 5.97 Å². The Morgan fingerprint density at radius 2 is 2.26 bits per heavy atom. The van der Waals surface area contributed by atoms with E-state index in [0.717, 1.165) is 23.3 Å². The van der Waals surface area contributed by atoms with Crippen LogP contribution in [0.1, 0.15) is 43.9 Å². The maximum Gasteiger partial charge on any atom is 0.305 e. The van der Waals surface area contributed by atoms with Crippen LogP contribution in [0.3, 0.4) is 0 Å². The molecule has 1 heterocycles. The molecular weight excluding hydrogens is 244 g/mol. The van der Waals surface area contributed by atoms with Crippen molar-refractivity contribution in [2.24, 2.45) is 0 Å². The second-order valence-corrected chi connectivity index (χ2v) is 5.50. The molecule has 1 aliphatic rings. The largest absolute Gasteiger partial charge is 0.487 e. The van der Waals surface area contributed by atoms with Gasteiger partial charge in [0.15, 0.2) is 0 Å². The molecule has 0 bridgehead atoms. The Morgan fingerprint density at radius 1 is 1.53 bits per heavy atom. The fraction of sp³-hybridized carbons (Fsp3) is 0.533. The molecule has 0 spiro atoms. The summed E-state index contributed by atoms with van der Waals surface area (Å²) >= 11 is 0. The summed E-state index contributed by atoms with van der Waals surface area (Å²) in [6.07, 6.45) is 0.667. The highest BCUT2D eigenvalue weighted by atomic mass is 16.5. The predicted molar refractivity (Wildman–Crippen MR) is 71.1 cm³/mol. The molecule has 1 unspecified atom stereocenters. The van der Waals surface area contributed by atoms with Crippen LogP contribution in [-0.4, -0.2) is 23.8 Å². The number of hydrogen-bond acceptors (Lipinski definition) is 4. The zero-order valence-corrected chi connectivity index (χ0v) is 11.6. The van der Waals surface area contributed by atoms with Crippen LogP contribution in [0, 0.1) is 0 Å². The second kappa shape index (κ2) is 5.21. The van der Waals surface area contributed by atoms with Gasteiger partial charge in [0.1, 0.15) is 11.4 Å². The van der Waals surface area contributed by atoms with Gasteiger partial charge in [-0.2, -0.15) is 0 Å². The Bertz CT molecular complexity index is 479. The Kier molecular flexibility index (Phi) is 3.80. The molecule has 1 atom stereocenters. The third-order valence-electron chi connectivity index (χ3n) is 3.33. The summed E-state index contributed by atoms with van der Waals surface area (Å²) in [7, 11) is 1.35. The lowest BCUT2D eigenvalue weighted by atomic mass is 9.98. The lowest BCUT2D eigenvalue weighted by Gasteiger charge is -2.19. The van der Waals surface area contributed by atoms with Gasteiger partial charge in [0.25, 0.3) is 0 Å². The first kappa shape index (κ1) is 13.9. The molecule has 2 rings (SSSR count). The van der Waals surface area contributed by atoms with Crippen molar-refractivity contribution in [2.45, 2.75) is 44.8 Å². The summed E-state index contributed by atoms with van der Waals surface area (Å²) in [4.78, 5) is 11.1. The molecule has 19 heavy (non-hydrogen) atoms. The van der Waals surface area contributed by atoms with Crippen molar-refractivity contribution in [3.05, 3.63) is 29.3 Å². The van der Waals surface area contributed by atoms with Crippen LogP contribution >= 0.6 is 0 Å². The van der Waals surface area contributed by atoms with E-state index >= 15 is 0 Å². The molecule has 0 aliphatic carbocycles. The van der Waals surface area contributed by atoms with Crippen LogP contribution in [0.2, 0.25) is 0 Å². The van der Waals surface area contributed by atoms with E-state index in [1.54, 1.807) is 0 Å². The monoisotopic (exact) mass is 264 g/mol. The van der Waals surface area contributed by atoms with Crippen LogP contribution in [0.4, 0.5) is 0 Å². The van der Waals surface area contributed by atoms with E-state index in [1.165, 1.54) is 7.11 Å². The van der Waals surface area contributed by atoms with E-state index in [1.807, 2.05) is 32.0 Å². The van der Waals surface area contributed by atoms with Gasteiger partial charge in [-0.15, -0.1) is 0 Å². The van der Waals surface area contributed by atoms with E-state index in [2.05, 4.69) is 4.74 Å². The number of rotatable bonds is 4. The normalized spacial score (nSPS) is 17.5. The highest BCUT2D eigenvalue weighted by Gasteiger charge is 2.32. The molecule has 4 nitrogen and oxygen atoms in total. The summed E-state index contributed by atoms with van der Waals surface area (Å²) in [6.45, 7) is 4.05. The molecular formula is C15H20O4. The smallest absolute Gasteiger partial charge is 0.305 e. The van der Waals surface area contributed by atoms with Crippen molar-refractivity contribution in [3.8, 4) is 5.75 Å². The maximum absolute atomic E-state index is 11.1. The fourth-order valence-electron chi connectivity index (χ4n) is 2.41. The Balaban J connectivity index is 2.14. The van der Waals surface area contributed by atoms with Crippen molar-refractivity contribution in [2.75, 3.05) is 7.11 Å². The maximum atomic E-state index is 11.1. The van der Waals surface area contributed by atoms with Crippen LogP contribution in [0.15, 0.2) is 18.2 Å². The molecule has 0 amide bonds. The topological polar surface area (TPSA) is 55.8 Å². The average molecular weight is 264 g/mol. The van der Waals surface area contributed by atoms with E-state index in [4.69, 9.17) is 4.74 Å². The first-order valence-electron chi connectivity index (χ1n) is 6.48. The molecule has 1 N–H and O–H groups in total.